The maximum Gasteiger partial charge on any atom is 0.333 e. The lowest BCUT2D eigenvalue weighted by Gasteiger charge is -2.26. The first-order valence-electron chi connectivity index (χ1n) is 11.2. The van der Waals surface area contributed by atoms with Gasteiger partial charge in [0.05, 0.1) is 29.1 Å². The fourth-order valence-electron chi connectivity index (χ4n) is 4.02. The maximum atomic E-state index is 13.8. The standard InChI is InChI=1S/C25H27N3O6S/c1-14(2)34-17(16-9-7-6-8-10-16)13-27-22-18(15(3)19(35-22)20-26-11-12-33-20)21(29)28(24(27)32)25(4,5)23(30)31/h6-12,14,17H,13H2,1-5H3,(H,30,31)/t17-/m1/s1. The molecule has 1 atom stereocenters. The molecule has 3 aromatic heterocycles. The largest absolute Gasteiger partial charge is 0.480 e. The van der Waals surface area contributed by atoms with Crippen LogP contribution in [0.1, 0.15) is 44.9 Å². The number of aliphatic carboxylic acids is 1. The molecule has 184 valence electrons. The zero-order valence-corrected chi connectivity index (χ0v) is 21.0. The van der Waals surface area contributed by atoms with Gasteiger partial charge < -0.3 is 14.3 Å². The Labute approximate surface area is 205 Å². The van der Waals surface area contributed by atoms with Gasteiger partial charge >= 0.3 is 11.7 Å². The summed E-state index contributed by atoms with van der Waals surface area (Å²) in [4.78, 5) is 44.7. The molecule has 35 heavy (non-hydrogen) atoms. The number of ether oxygens (including phenoxy) is 1. The minimum atomic E-state index is -1.78. The van der Waals surface area contributed by atoms with Crippen molar-refractivity contribution < 1.29 is 19.1 Å². The van der Waals surface area contributed by atoms with E-state index in [9.17, 15) is 19.5 Å². The first-order chi connectivity index (χ1) is 16.5. The smallest absolute Gasteiger partial charge is 0.333 e. The van der Waals surface area contributed by atoms with Gasteiger partial charge in [0.25, 0.3) is 5.56 Å². The minimum Gasteiger partial charge on any atom is -0.480 e. The molecule has 0 bridgehead atoms. The van der Waals surface area contributed by atoms with Crippen LogP contribution < -0.4 is 11.2 Å². The third-order valence-corrected chi connectivity index (χ3v) is 7.18. The van der Waals surface area contributed by atoms with E-state index in [1.807, 2.05) is 44.2 Å². The molecular formula is C25H27N3O6S. The van der Waals surface area contributed by atoms with E-state index in [0.717, 1.165) is 10.1 Å². The number of rotatable bonds is 8. The molecule has 9 nitrogen and oxygen atoms in total. The van der Waals surface area contributed by atoms with Gasteiger partial charge in [0.1, 0.15) is 22.7 Å². The highest BCUT2D eigenvalue weighted by Crippen LogP contribution is 2.36. The molecule has 4 rings (SSSR count). The Balaban J connectivity index is 2.05. The molecule has 0 unspecified atom stereocenters. The lowest BCUT2D eigenvalue weighted by Crippen LogP contribution is -2.52. The number of hydrogen-bond acceptors (Lipinski definition) is 7. The lowest BCUT2D eigenvalue weighted by atomic mass is 10.1. The van der Waals surface area contributed by atoms with Gasteiger partial charge in [0, 0.05) is 0 Å². The van der Waals surface area contributed by atoms with Gasteiger partial charge in [-0.15, -0.1) is 11.3 Å². The number of carbonyl (C=O) groups is 1. The quantitative estimate of drug-likeness (QED) is 0.388. The van der Waals surface area contributed by atoms with Crippen molar-refractivity contribution in [1.29, 1.82) is 0 Å². The third kappa shape index (κ3) is 4.35. The van der Waals surface area contributed by atoms with Crippen molar-refractivity contribution >= 4 is 27.5 Å². The van der Waals surface area contributed by atoms with Gasteiger partial charge in [-0.3, -0.25) is 9.36 Å². The third-order valence-electron chi connectivity index (χ3n) is 5.88. The fraction of sp³-hybridized carbons (Fsp3) is 0.360. The Morgan fingerprint density at radius 3 is 2.49 bits per heavy atom. The molecule has 0 aliphatic carbocycles. The predicted octanol–water partition coefficient (Wildman–Crippen LogP) is 4.17. The van der Waals surface area contributed by atoms with Gasteiger partial charge in [0.2, 0.25) is 5.89 Å². The van der Waals surface area contributed by atoms with Crippen LogP contribution in [-0.4, -0.2) is 31.3 Å². The second-order valence-corrected chi connectivity index (χ2v) is 10.1. The van der Waals surface area contributed by atoms with E-state index in [0.29, 0.717) is 21.2 Å². The van der Waals surface area contributed by atoms with Crippen LogP contribution >= 0.6 is 11.3 Å². The summed E-state index contributed by atoms with van der Waals surface area (Å²) in [6.45, 7) is 8.30. The molecule has 10 heteroatoms. The molecule has 1 aromatic carbocycles. The van der Waals surface area contributed by atoms with Crippen LogP contribution in [0.3, 0.4) is 0 Å². The average Bonchev–Trinajstić information content (AvgIpc) is 3.44. The summed E-state index contributed by atoms with van der Waals surface area (Å²) in [5.41, 5.74) is -1.73. The molecule has 0 aliphatic heterocycles. The molecule has 0 amide bonds. The van der Waals surface area contributed by atoms with Crippen LogP contribution in [0.15, 0.2) is 56.8 Å². The predicted molar refractivity (Wildman–Crippen MR) is 133 cm³/mol. The highest BCUT2D eigenvalue weighted by atomic mass is 32.1. The van der Waals surface area contributed by atoms with E-state index in [1.165, 1.54) is 42.2 Å². The summed E-state index contributed by atoms with van der Waals surface area (Å²) in [6.07, 6.45) is 2.28. The van der Waals surface area contributed by atoms with Gasteiger partial charge in [-0.05, 0) is 45.7 Å². The molecule has 0 saturated heterocycles. The van der Waals surface area contributed by atoms with E-state index in [2.05, 4.69) is 4.98 Å². The summed E-state index contributed by atoms with van der Waals surface area (Å²) >= 11 is 1.21. The summed E-state index contributed by atoms with van der Waals surface area (Å²) in [7, 11) is 0. The number of thiophene rings is 1. The molecule has 0 radical (unpaired) electrons. The number of oxazole rings is 1. The number of fused-ring (bicyclic) bond motifs is 1. The van der Waals surface area contributed by atoms with Gasteiger partial charge in [0.15, 0.2) is 0 Å². The van der Waals surface area contributed by atoms with Gasteiger partial charge in [-0.25, -0.2) is 19.1 Å². The molecule has 0 saturated carbocycles. The van der Waals surface area contributed by atoms with Crippen molar-refractivity contribution in [3.8, 4) is 10.8 Å². The van der Waals surface area contributed by atoms with Crippen molar-refractivity contribution in [2.45, 2.75) is 58.9 Å². The number of carboxylic acid groups (broad SMARTS) is 1. The molecule has 3 heterocycles. The summed E-state index contributed by atoms with van der Waals surface area (Å²) in [6, 6.07) is 9.47. The summed E-state index contributed by atoms with van der Waals surface area (Å²) < 4.78 is 13.9. The molecule has 4 aromatic rings. The Kier molecular flexibility index (Phi) is 6.52. The lowest BCUT2D eigenvalue weighted by molar-refractivity contribution is -0.146. The Morgan fingerprint density at radius 2 is 1.91 bits per heavy atom. The van der Waals surface area contributed by atoms with Crippen molar-refractivity contribution in [3.63, 3.8) is 0 Å². The number of aryl methyl sites for hydroxylation is 1. The van der Waals surface area contributed by atoms with Crippen molar-refractivity contribution in [2.75, 3.05) is 0 Å². The first kappa shape index (κ1) is 24.6. The Morgan fingerprint density at radius 1 is 1.23 bits per heavy atom. The molecule has 0 spiro atoms. The minimum absolute atomic E-state index is 0.0818. The topological polar surface area (TPSA) is 117 Å². The van der Waals surface area contributed by atoms with E-state index in [1.54, 1.807) is 6.92 Å². The van der Waals surface area contributed by atoms with E-state index in [4.69, 9.17) is 9.15 Å². The van der Waals surface area contributed by atoms with Gasteiger partial charge in [-0.2, -0.15) is 0 Å². The zero-order valence-electron chi connectivity index (χ0n) is 20.1. The maximum absolute atomic E-state index is 13.8. The van der Waals surface area contributed by atoms with E-state index < -0.39 is 28.9 Å². The first-order valence-corrected chi connectivity index (χ1v) is 12.0. The summed E-state index contributed by atoms with van der Waals surface area (Å²) in [5.74, 6) is -0.967. The van der Waals surface area contributed by atoms with E-state index >= 15 is 0 Å². The van der Waals surface area contributed by atoms with Crippen LogP contribution in [0.5, 0.6) is 0 Å². The molecule has 0 fully saturated rings. The fourth-order valence-corrected chi connectivity index (χ4v) is 5.27. The summed E-state index contributed by atoms with van der Waals surface area (Å²) in [5, 5.41) is 10.1. The Hall–Kier alpha value is -3.50. The second-order valence-electron chi connectivity index (χ2n) is 9.06. The Bertz CT molecular complexity index is 1480. The van der Waals surface area contributed by atoms with E-state index in [-0.39, 0.29) is 18.0 Å². The number of aromatic nitrogens is 3. The highest BCUT2D eigenvalue weighted by molar-refractivity contribution is 7.22. The SMILES string of the molecule is Cc1c(-c2ncco2)sc2c1c(=O)n(C(C)(C)C(=O)O)c(=O)n2C[C@@H](OC(C)C)c1ccccc1. The monoisotopic (exact) mass is 497 g/mol. The van der Waals surface area contributed by atoms with Crippen LogP contribution in [0, 0.1) is 6.92 Å². The molecule has 1 N–H and O–H groups in total. The average molecular weight is 498 g/mol. The van der Waals surface area contributed by atoms with Gasteiger partial charge in [-0.1, -0.05) is 30.3 Å². The number of carboxylic acids is 1. The van der Waals surface area contributed by atoms with Crippen LogP contribution in [0.2, 0.25) is 0 Å². The number of nitrogens with zero attached hydrogens (tertiary/aromatic N) is 3. The highest BCUT2D eigenvalue weighted by Gasteiger charge is 2.36. The van der Waals surface area contributed by atoms with Crippen molar-refractivity contribution in [3.05, 3.63) is 74.8 Å². The number of benzene rings is 1. The van der Waals surface area contributed by atoms with Crippen LogP contribution in [-0.2, 0) is 21.6 Å². The number of hydrogen-bond donors (Lipinski definition) is 1. The van der Waals surface area contributed by atoms with Crippen molar-refractivity contribution in [2.24, 2.45) is 0 Å². The molecule has 0 aliphatic rings. The van der Waals surface area contributed by atoms with Crippen LogP contribution in [0.4, 0.5) is 0 Å². The molecular weight excluding hydrogens is 470 g/mol. The van der Waals surface area contributed by atoms with Crippen LogP contribution in [0.25, 0.3) is 21.0 Å². The second kappa shape index (κ2) is 9.27. The zero-order chi connectivity index (χ0) is 25.5. The normalized spacial score (nSPS) is 13.0. The van der Waals surface area contributed by atoms with Crippen molar-refractivity contribution in [1.82, 2.24) is 14.1 Å².